The Hall–Kier alpha value is -3.27. The number of methoxy groups -OCH3 is 1. The lowest BCUT2D eigenvalue weighted by Crippen LogP contribution is -2.20. The molecule has 0 aliphatic heterocycles. The first-order valence-electron chi connectivity index (χ1n) is 11.4. The number of aromatic nitrogens is 2. The van der Waals surface area contributed by atoms with Crippen molar-refractivity contribution in [1.29, 1.82) is 0 Å². The van der Waals surface area contributed by atoms with Gasteiger partial charge in [-0.2, -0.15) is 0 Å². The van der Waals surface area contributed by atoms with Gasteiger partial charge in [0.15, 0.2) is 5.75 Å². The standard InChI is InChI=1S/C27H28N4O4.2ClH/c1-35-26-24(27(33)31-34)22-17-29-14-12-23(22)30-25(26)21-10-8-20(9-11-21)19-6-4-18(5-7-19)3-2-13-28-15-16-32;;/h4-12,14,17,28,32,34H,2-3,13,15-16H2,1H3,(H,31,33);2*1H. The Morgan fingerprint density at radius 2 is 1.59 bits per heavy atom. The summed E-state index contributed by atoms with van der Waals surface area (Å²) >= 11 is 0. The molecule has 0 bridgehead atoms. The Kier molecular flexibility index (Phi) is 11.7. The molecule has 0 radical (unpaired) electrons. The average molecular weight is 545 g/mol. The summed E-state index contributed by atoms with van der Waals surface area (Å²) in [6.07, 6.45) is 5.12. The molecule has 0 unspecified atom stereocenters. The van der Waals surface area contributed by atoms with Crippen LogP contribution in [0.4, 0.5) is 0 Å². The third-order valence-corrected chi connectivity index (χ3v) is 5.83. The highest BCUT2D eigenvalue weighted by Crippen LogP contribution is 2.36. The summed E-state index contributed by atoms with van der Waals surface area (Å²) in [5.74, 6) is -0.424. The molecule has 4 N–H and O–H groups in total. The Morgan fingerprint density at radius 3 is 2.22 bits per heavy atom. The highest BCUT2D eigenvalue weighted by Gasteiger charge is 2.22. The van der Waals surface area contributed by atoms with Gasteiger partial charge in [-0.25, -0.2) is 10.5 Å². The van der Waals surface area contributed by atoms with Gasteiger partial charge in [-0.1, -0.05) is 48.5 Å². The first kappa shape index (κ1) is 30.0. The second kappa shape index (κ2) is 14.5. The normalized spacial score (nSPS) is 10.4. The lowest BCUT2D eigenvalue weighted by Gasteiger charge is -2.15. The number of hydroxylamine groups is 1. The zero-order valence-corrected chi connectivity index (χ0v) is 21.9. The topological polar surface area (TPSA) is 117 Å². The molecular weight excluding hydrogens is 515 g/mol. The number of carbonyl (C=O) groups is 1. The summed E-state index contributed by atoms with van der Waals surface area (Å²) < 4.78 is 5.56. The van der Waals surface area contributed by atoms with Crippen molar-refractivity contribution in [3.63, 3.8) is 0 Å². The second-order valence-corrected chi connectivity index (χ2v) is 8.05. The van der Waals surface area contributed by atoms with E-state index in [0.717, 1.165) is 36.1 Å². The maximum Gasteiger partial charge on any atom is 0.279 e. The van der Waals surface area contributed by atoms with E-state index in [2.05, 4.69) is 34.6 Å². The Balaban J connectivity index is 0.00000241. The van der Waals surface area contributed by atoms with Gasteiger partial charge in [0.2, 0.25) is 0 Å². The third-order valence-electron chi connectivity index (χ3n) is 5.83. The van der Waals surface area contributed by atoms with Gasteiger partial charge in [-0.3, -0.25) is 15.0 Å². The van der Waals surface area contributed by atoms with E-state index >= 15 is 0 Å². The van der Waals surface area contributed by atoms with Gasteiger partial charge in [0.1, 0.15) is 5.69 Å². The molecule has 0 saturated carbocycles. The van der Waals surface area contributed by atoms with Crippen LogP contribution >= 0.6 is 24.8 Å². The van der Waals surface area contributed by atoms with Crippen LogP contribution in [-0.4, -0.2) is 53.0 Å². The molecule has 2 heterocycles. The fourth-order valence-corrected chi connectivity index (χ4v) is 4.07. The average Bonchev–Trinajstić information content (AvgIpc) is 2.92. The number of amides is 1. The molecule has 0 aliphatic carbocycles. The van der Waals surface area contributed by atoms with Crippen molar-refractivity contribution in [3.8, 4) is 28.1 Å². The number of hydrogen-bond acceptors (Lipinski definition) is 7. The number of hydrogen-bond donors (Lipinski definition) is 4. The van der Waals surface area contributed by atoms with E-state index < -0.39 is 5.91 Å². The number of nitrogens with zero attached hydrogens (tertiary/aromatic N) is 2. The molecule has 4 aromatic rings. The number of pyridine rings is 2. The molecule has 0 fully saturated rings. The van der Waals surface area contributed by atoms with Gasteiger partial charge in [-0.05, 0) is 42.1 Å². The number of nitrogens with one attached hydrogen (secondary N) is 2. The largest absolute Gasteiger partial charge is 0.494 e. The second-order valence-electron chi connectivity index (χ2n) is 8.05. The summed E-state index contributed by atoms with van der Waals surface area (Å²) in [4.78, 5) is 21.2. The number of fused-ring (bicyclic) bond motifs is 1. The quantitative estimate of drug-likeness (QED) is 0.132. The highest BCUT2D eigenvalue weighted by molar-refractivity contribution is 6.09. The minimum absolute atomic E-state index is 0. The number of aliphatic hydroxyl groups is 1. The van der Waals surface area contributed by atoms with E-state index in [4.69, 9.17) is 14.8 Å². The molecule has 37 heavy (non-hydrogen) atoms. The van der Waals surface area contributed by atoms with Crippen molar-refractivity contribution in [3.05, 3.63) is 78.1 Å². The van der Waals surface area contributed by atoms with Crippen molar-refractivity contribution < 1.29 is 19.8 Å². The van der Waals surface area contributed by atoms with Crippen LogP contribution in [0.25, 0.3) is 33.3 Å². The maximum absolute atomic E-state index is 12.5. The molecule has 2 aromatic heterocycles. The number of benzene rings is 2. The zero-order chi connectivity index (χ0) is 24.6. The van der Waals surface area contributed by atoms with E-state index in [1.54, 1.807) is 17.7 Å². The smallest absolute Gasteiger partial charge is 0.279 e. The van der Waals surface area contributed by atoms with Crippen molar-refractivity contribution in [1.82, 2.24) is 20.8 Å². The zero-order valence-electron chi connectivity index (χ0n) is 20.3. The van der Waals surface area contributed by atoms with Crippen LogP contribution in [0.2, 0.25) is 0 Å². The summed E-state index contributed by atoms with van der Waals surface area (Å²) in [6, 6.07) is 18.1. The Morgan fingerprint density at radius 1 is 0.946 bits per heavy atom. The summed E-state index contributed by atoms with van der Waals surface area (Å²) in [7, 11) is 1.47. The van der Waals surface area contributed by atoms with Gasteiger partial charge in [0.05, 0.1) is 24.8 Å². The molecule has 1 amide bonds. The molecule has 0 aliphatic rings. The first-order chi connectivity index (χ1) is 17.2. The van der Waals surface area contributed by atoms with Gasteiger partial charge in [-0.15, -0.1) is 24.8 Å². The molecule has 10 heteroatoms. The Bertz CT molecular complexity index is 1300. The van der Waals surface area contributed by atoms with Gasteiger partial charge >= 0.3 is 0 Å². The predicted molar refractivity (Wildman–Crippen MR) is 149 cm³/mol. The van der Waals surface area contributed by atoms with Crippen molar-refractivity contribution >= 4 is 41.6 Å². The number of aliphatic hydroxyl groups excluding tert-OH is 1. The molecule has 4 rings (SSSR count). The minimum Gasteiger partial charge on any atom is -0.494 e. The lowest BCUT2D eigenvalue weighted by atomic mass is 9.98. The lowest BCUT2D eigenvalue weighted by molar-refractivity contribution is 0.0705. The third kappa shape index (κ3) is 6.94. The van der Waals surface area contributed by atoms with E-state index in [-0.39, 0.29) is 42.7 Å². The number of carbonyl (C=O) groups excluding carboxylic acids is 1. The summed E-state index contributed by atoms with van der Waals surface area (Å²) in [5, 5.41) is 21.8. The SMILES string of the molecule is COc1c(-c2ccc(-c3ccc(CCCNCCO)cc3)cc2)nc2ccncc2c1C(=O)NO.Cl.Cl. The van der Waals surface area contributed by atoms with E-state index in [1.165, 1.54) is 18.9 Å². The molecular formula is C27H30Cl2N4O4. The number of rotatable bonds is 10. The van der Waals surface area contributed by atoms with Crippen LogP contribution in [0.15, 0.2) is 67.0 Å². The van der Waals surface area contributed by atoms with Gasteiger partial charge in [0, 0.05) is 29.9 Å². The van der Waals surface area contributed by atoms with Crippen LogP contribution in [0.1, 0.15) is 22.3 Å². The van der Waals surface area contributed by atoms with Crippen LogP contribution in [-0.2, 0) is 6.42 Å². The van der Waals surface area contributed by atoms with E-state index in [0.29, 0.717) is 23.1 Å². The minimum atomic E-state index is -0.690. The van der Waals surface area contributed by atoms with E-state index in [9.17, 15) is 10.0 Å². The first-order valence-corrected chi connectivity index (χ1v) is 11.4. The van der Waals surface area contributed by atoms with Crippen LogP contribution < -0.4 is 15.5 Å². The predicted octanol–water partition coefficient (Wildman–Crippen LogP) is 4.45. The molecule has 0 atom stereocenters. The Labute approximate surface area is 227 Å². The monoisotopic (exact) mass is 544 g/mol. The molecule has 0 spiro atoms. The van der Waals surface area contributed by atoms with Crippen molar-refractivity contribution in [2.75, 3.05) is 26.8 Å². The molecule has 196 valence electrons. The van der Waals surface area contributed by atoms with Gasteiger partial charge < -0.3 is 15.2 Å². The number of ether oxygens (including phenoxy) is 1. The molecule has 8 nitrogen and oxygen atoms in total. The van der Waals surface area contributed by atoms with Crippen LogP contribution in [0.3, 0.4) is 0 Å². The van der Waals surface area contributed by atoms with Crippen LogP contribution in [0.5, 0.6) is 5.75 Å². The fraction of sp³-hybridized carbons (Fsp3) is 0.222. The summed E-state index contributed by atoms with van der Waals surface area (Å²) in [6.45, 7) is 1.67. The van der Waals surface area contributed by atoms with Crippen molar-refractivity contribution in [2.45, 2.75) is 12.8 Å². The van der Waals surface area contributed by atoms with Crippen LogP contribution in [0, 0.1) is 0 Å². The van der Waals surface area contributed by atoms with Gasteiger partial charge in [0.25, 0.3) is 5.91 Å². The molecule has 2 aromatic carbocycles. The van der Waals surface area contributed by atoms with E-state index in [1.807, 2.05) is 24.3 Å². The summed E-state index contributed by atoms with van der Waals surface area (Å²) in [5.41, 5.74) is 7.15. The maximum atomic E-state index is 12.5. The molecule has 0 saturated heterocycles. The fourth-order valence-electron chi connectivity index (χ4n) is 4.07. The number of halogens is 2. The van der Waals surface area contributed by atoms with Crippen molar-refractivity contribution in [2.24, 2.45) is 0 Å². The number of aryl methyl sites for hydroxylation is 1. The highest BCUT2D eigenvalue weighted by atomic mass is 35.5.